The van der Waals surface area contributed by atoms with Gasteiger partial charge in [0.15, 0.2) is 0 Å². The van der Waals surface area contributed by atoms with Gasteiger partial charge >= 0.3 is 0 Å². The Morgan fingerprint density at radius 2 is 2.00 bits per heavy atom. The number of amides is 1. The number of aliphatic hydroxyl groups is 1. The Labute approximate surface area is 194 Å². The van der Waals surface area contributed by atoms with E-state index in [4.69, 9.17) is 21.0 Å². The number of rotatable bonds is 7. The molecule has 0 spiro atoms. The number of anilines is 2. The van der Waals surface area contributed by atoms with Gasteiger partial charge in [0.25, 0.3) is 11.5 Å². The highest BCUT2D eigenvalue weighted by Gasteiger charge is 2.25. The third-order valence-corrected chi connectivity index (χ3v) is 6.23. The molecular formula is C25H34N4O4. The van der Waals surface area contributed by atoms with Crippen molar-refractivity contribution in [2.75, 3.05) is 24.8 Å². The van der Waals surface area contributed by atoms with Gasteiger partial charge in [-0.05, 0) is 43.4 Å². The van der Waals surface area contributed by atoms with Gasteiger partial charge in [-0.2, -0.15) is 0 Å². The summed E-state index contributed by atoms with van der Waals surface area (Å²) in [5.41, 5.74) is 6.75. The first-order chi connectivity index (χ1) is 16.0. The molecule has 2 saturated carbocycles. The van der Waals surface area contributed by atoms with Crippen molar-refractivity contribution in [3.63, 3.8) is 0 Å². The van der Waals surface area contributed by atoms with Crippen molar-refractivity contribution in [2.24, 2.45) is 5.92 Å². The second-order valence-electron chi connectivity index (χ2n) is 8.66. The first-order valence-electron chi connectivity index (χ1n) is 11.6. The number of methoxy groups -OCH3 is 1. The molecule has 0 atom stereocenters. The van der Waals surface area contributed by atoms with Crippen molar-refractivity contribution < 1.29 is 14.6 Å². The number of nitrogens with zero attached hydrogens (tertiary/aromatic N) is 1. The zero-order valence-corrected chi connectivity index (χ0v) is 19.2. The van der Waals surface area contributed by atoms with Crippen LogP contribution in [0, 0.1) is 11.3 Å². The van der Waals surface area contributed by atoms with Gasteiger partial charge in [0, 0.05) is 42.4 Å². The Hall–Kier alpha value is -3.13. The van der Waals surface area contributed by atoms with Crippen LogP contribution in [0.2, 0.25) is 0 Å². The lowest BCUT2D eigenvalue weighted by atomic mass is 9.87. The van der Waals surface area contributed by atoms with E-state index >= 15 is 0 Å². The molecule has 1 heterocycles. The van der Waals surface area contributed by atoms with E-state index in [0.717, 1.165) is 31.4 Å². The van der Waals surface area contributed by atoms with E-state index in [1.807, 2.05) is 0 Å². The Balaban J connectivity index is 0.000000286. The summed E-state index contributed by atoms with van der Waals surface area (Å²) in [4.78, 5) is 25.0. The molecule has 0 bridgehead atoms. The molecule has 178 valence electrons. The summed E-state index contributed by atoms with van der Waals surface area (Å²) in [6, 6.07) is 6.49. The Morgan fingerprint density at radius 3 is 2.61 bits per heavy atom. The van der Waals surface area contributed by atoms with Crippen LogP contribution in [0.25, 0.3) is 0 Å². The molecule has 5 N–H and O–H groups in total. The summed E-state index contributed by atoms with van der Waals surface area (Å²) in [5, 5.41) is 18.6. The average Bonchev–Trinajstić information content (AvgIpc) is 3.67. The minimum atomic E-state index is -0.486. The molecule has 2 fully saturated rings. The van der Waals surface area contributed by atoms with E-state index in [1.54, 1.807) is 22.9 Å². The Bertz CT molecular complexity index is 1020. The lowest BCUT2D eigenvalue weighted by Crippen LogP contribution is -2.25. The molecule has 2 aromatic rings. The van der Waals surface area contributed by atoms with Crippen LogP contribution in [0.3, 0.4) is 0 Å². The number of hydrogen-bond acceptors (Lipinski definition) is 6. The predicted octanol–water partition coefficient (Wildman–Crippen LogP) is 3.97. The topological polar surface area (TPSA) is 130 Å². The number of aromatic nitrogens is 1. The Morgan fingerprint density at radius 1 is 1.27 bits per heavy atom. The molecule has 1 aromatic heterocycles. The number of benzene rings is 1. The van der Waals surface area contributed by atoms with E-state index in [1.165, 1.54) is 51.3 Å². The maximum atomic E-state index is 12.6. The summed E-state index contributed by atoms with van der Waals surface area (Å²) in [6.45, 7) is 0.394. The lowest BCUT2D eigenvalue weighted by Gasteiger charge is -2.19. The first-order valence-corrected chi connectivity index (χ1v) is 11.6. The van der Waals surface area contributed by atoms with E-state index in [0.29, 0.717) is 17.9 Å². The molecule has 0 aliphatic heterocycles. The third-order valence-electron chi connectivity index (χ3n) is 6.23. The van der Waals surface area contributed by atoms with E-state index in [-0.39, 0.29) is 28.6 Å². The average molecular weight is 455 g/mol. The van der Waals surface area contributed by atoms with Crippen LogP contribution < -0.4 is 21.3 Å². The minimum Gasteiger partial charge on any atom is -0.496 e. The van der Waals surface area contributed by atoms with Crippen LogP contribution in [0.5, 0.6) is 5.75 Å². The van der Waals surface area contributed by atoms with Crippen LogP contribution in [-0.2, 0) is 0 Å². The van der Waals surface area contributed by atoms with Gasteiger partial charge in [-0.15, -0.1) is 0 Å². The molecule has 33 heavy (non-hydrogen) atoms. The zero-order chi connectivity index (χ0) is 23.8. The molecule has 8 heteroatoms. The van der Waals surface area contributed by atoms with Gasteiger partial charge in [-0.25, -0.2) is 0 Å². The quantitative estimate of drug-likeness (QED) is 0.371. The van der Waals surface area contributed by atoms with Crippen LogP contribution >= 0.6 is 0 Å². The second kappa shape index (κ2) is 11.7. The molecular weight excluding hydrogens is 420 g/mol. The smallest absolute Gasteiger partial charge is 0.274 e. The van der Waals surface area contributed by atoms with Gasteiger partial charge in [0.2, 0.25) is 0 Å². The summed E-state index contributed by atoms with van der Waals surface area (Å²) in [5.74, 6) is 0.651. The molecule has 0 saturated heterocycles. The lowest BCUT2D eigenvalue weighted by molar-refractivity contribution is 0.102. The predicted molar refractivity (Wildman–Crippen MR) is 130 cm³/mol. The molecule has 4 rings (SSSR count). The molecule has 1 aromatic carbocycles. The number of carbonyl (C=O) groups excluding carboxylic acids is 1. The SMILES string of the molecule is COc1cc(N)c(C=N)cc1C(=O)Nc1cccn(C2CC2)c1=O.OCCC1CCCCC1. The van der Waals surface area contributed by atoms with E-state index in [2.05, 4.69) is 5.32 Å². The number of hydrogen-bond donors (Lipinski definition) is 4. The highest BCUT2D eigenvalue weighted by Crippen LogP contribution is 2.33. The number of nitrogens with two attached hydrogens (primary N) is 1. The van der Waals surface area contributed by atoms with Crippen LogP contribution in [0.15, 0.2) is 35.3 Å². The molecule has 2 aliphatic rings. The number of nitrogens with one attached hydrogen (secondary N) is 2. The number of carbonyl (C=O) groups is 1. The van der Waals surface area contributed by atoms with Crippen molar-refractivity contribution in [1.29, 1.82) is 5.41 Å². The summed E-state index contributed by atoms with van der Waals surface area (Å²) in [6.07, 6.45) is 12.7. The summed E-state index contributed by atoms with van der Waals surface area (Å²) < 4.78 is 6.83. The van der Waals surface area contributed by atoms with E-state index < -0.39 is 5.91 Å². The van der Waals surface area contributed by atoms with Crippen LogP contribution in [0.1, 0.15) is 73.3 Å². The van der Waals surface area contributed by atoms with Crippen LogP contribution in [0.4, 0.5) is 11.4 Å². The summed E-state index contributed by atoms with van der Waals surface area (Å²) >= 11 is 0. The Kier molecular flexibility index (Phi) is 8.65. The monoisotopic (exact) mass is 454 g/mol. The molecule has 8 nitrogen and oxygen atoms in total. The van der Waals surface area contributed by atoms with Gasteiger partial charge < -0.3 is 30.9 Å². The van der Waals surface area contributed by atoms with Crippen molar-refractivity contribution in [1.82, 2.24) is 4.57 Å². The molecule has 0 radical (unpaired) electrons. The number of aliphatic hydroxyl groups excluding tert-OH is 1. The minimum absolute atomic E-state index is 0.213. The fourth-order valence-electron chi connectivity index (χ4n) is 4.18. The van der Waals surface area contributed by atoms with Gasteiger partial charge in [-0.3, -0.25) is 9.59 Å². The number of pyridine rings is 1. The van der Waals surface area contributed by atoms with E-state index in [9.17, 15) is 9.59 Å². The molecule has 0 unspecified atom stereocenters. The highest BCUT2D eigenvalue weighted by atomic mass is 16.5. The first kappa shape index (κ1) is 24.5. The largest absolute Gasteiger partial charge is 0.496 e. The van der Waals surface area contributed by atoms with Gasteiger partial charge in [0.05, 0.1) is 12.7 Å². The second-order valence-corrected chi connectivity index (χ2v) is 8.66. The highest BCUT2D eigenvalue weighted by molar-refractivity contribution is 6.07. The molecule has 1 amide bonds. The van der Waals surface area contributed by atoms with Crippen molar-refractivity contribution >= 4 is 23.5 Å². The standard InChI is InChI=1S/C17H18N4O3.C8H16O/c1-24-15-8-13(19)10(9-18)7-12(15)16(22)20-14-3-2-6-21(17(14)23)11-4-5-11;9-7-6-8-4-2-1-3-5-8/h2-3,6-9,11,18H,4-5,19H2,1H3,(H,20,22);8-9H,1-7H2. The summed E-state index contributed by atoms with van der Waals surface area (Å²) in [7, 11) is 1.43. The number of nitrogen functional groups attached to an aromatic ring is 1. The van der Waals surface area contributed by atoms with Crippen molar-refractivity contribution in [3.8, 4) is 5.75 Å². The van der Waals surface area contributed by atoms with Gasteiger partial charge in [0.1, 0.15) is 11.4 Å². The zero-order valence-electron chi connectivity index (χ0n) is 19.2. The van der Waals surface area contributed by atoms with Gasteiger partial charge in [-0.1, -0.05) is 32.1 Å². The molecule has 2 aliphatic carbocycles. The van der Waals surface area contributed by atoms with Crippen molar-refractivity contribution in [2.45, 2.75) is 57.4 Å². The fraction of sp³-hybridized carbons (Fsp3) is 0.480. The van der Waals surface area contributed by atoms with Crippen molar-refractivity contribution in [3.05, 3.63) is 51.9 Å². The maximum absolute atomic E-state index is 12.6. The third kappa shape index (κ3) is 6.44. The van der Waals surface area contributed by atoms with Crippen LogP contribution in [-0.4, -0.2) is 35.5 Å². The fourth-order valence-corrected chi connectivity index (χ4v) is 4.18. The maximum Gasteiger partial charge on any atom is 0.274 e. The number of ether oxygens (including phenoxy) is 1. The normalized spacial score (nSPS) is 15.8.